The standard InChI is InChI=1S/C14H21N3O2/c15-14(17-18)8-13(12-4-2-1-3-5-12)16-9-11-6-7-19-10-11/h1-5,11,13,16,18H,6-10H2,(H2,15,17). The van der Waals surface area contributed by atoms with Gasteiger partial charge in [-0.15, -0.1) is 0 Å². The Kier molecular flexibility index (Phi) is 5.18. The molecule has 104 valence electrons. The summed E-state index contributed by atoms with van der Waals surface area (Å²) in [5, 5.41) is 15.3. The molecule has 0 spiro atoms. The second-order valence-electron chi connectivity index (χ2n) is 4.90. The van der Waals surface area contributed by atoms with E-state index >= 15 is 0 Å². The molecule has 1 heterocycles. The van der Waals surface area contributed by atoms with E-state index in [0.717, 1.165) is 31.7 Å². The number of oxime groups is 1. The Morgan fingerprint density at radius 3 is 2.89 bits per heavy atom. The van der Waals surface area contributed by atoms with Gasteiger partial charge >= 0.3 is 0 Å². The smallest absolute Gasteiger partial charge is 0.141 e. The predicted molar refractivity (Wildman–Crippen MR) is 74.1 cm³/mol. The minimum Gasteiger partial charge on any atom is -0.409 e. The van der Waals surface area contributed by atoms with Crippen molar-refractivity contribution in [3.05, 3.63) is 35.9 Å². The van der Waals surface area contributed by atoms with Crippen LogP contribution < -0.4 is 11.1 Å². The number of hydrogen-bond donors (Lipinski definition) is 3. The number of benzene rings is 1. The van der Waals surface area contributed by atoms with Crippen molar-refractivity contribution in [1.29, 1.82) is 0 Å². The van der Waals surface area contributed by atoms with Gasteiger partial charge < -0.3 is 21.0 Å². The van der Waals surface area contributed by atoms with Crippen LogP contribution in [0.5, 0.6) is 0 Å². The van der Waals surface area contributed by atoms with Crippen LogP contribution in [0.4, 0.5) is 0 Å². The molecule has 2 rings (SSSR count). The van der Waals surface area contributed by atoms with Crippen molar-refractivity contribution >= 4 is 5.84 Å². The van der Waals surface area contributed by atoms with Crippen molar-refractivity contribution < 1.29 is 9.94 Å². The fraction of sp³-hybridized carbons (Fsp3) is 0.500. The van der Waals surface area contributed by atoms with Gasteiger partial charge in [-0.2, -0.15) is 0 Å². The first-order valence-electron chi connectivity index (χ1n) is 6.62. The number of ether oxygens (including phenoxy) is 1. The van der Waals surface area contributed by atoms with E-state index in [2.05, 4.69) is 10.5 Å². The number of nitrogens with one attached hydrogen (secondary N) is 1. The Labute approximate surface area is 113 Å². The van der Waals surface area contributed by atoms with Crippen LogP contribution in [0, 0.1) is 5.92 Å². The van der Waals surface area contributed by atoms with Crippen molar-refractivity contribution in [3.63, 3.8) is 0 Å². The van der Waals surface area contributed by atoms with Gasteiger partial charge in [-0.05, 0) is 17.9 Å². The Bertz CT molecular complexity index is 402. The van der Waals surface area contributed by atoms with Gasteiger partial charge in [-0.3, -0.25) is 0 Å². The number of nitrogens with two attached hydrogens (primary N) is 1. The zero-order valence-corrected chi connectivity index (χ0v) is 11.0. The van der Waals surface area contributed by atoms with Crippen LogP contribution in [0.1, 0.15) is 24.4 Å². The topological polar surface area (TPSA) is 79.9 Å². The number of hydrogen-bond acceptors (Lipinski definition) is 4. The Morgan fingerprint density at radius 1 is 1.47 bits per heavy atom. The Morgan fingerprint density at radius 2 is 2.26 bits per heavy atom. The summed E-state index contributed by atoms with van der Waals surface area (Å²) in [4.78, 5) is 0. The largest absolute Gasteiger partial charge is 0.409 e. The van der Waals surface area contributed by atoms with Gasteiger partial charge in [0.15, 0.2) is 0 Å². The van der Waals surface area contributed by atoms with Crippen LogP contribution >= 0.6 is 0 Å². The summed E-state index contributed by atoms with van der Waals surface area (Å²) in [5.41, 5.74) is 6.78. The van der Waals surface area contributed by atoms with Gasteiger partial charge in [0.1, 0.15) is 5.84 Å². The normalized spacial score (nSPS) is 21.5. The van der Waals surface area contributed by atoms with Crippen LogP contribution in [-0.2, 0) is 4.74 Å². The highest BCUT2D eigenvalue weighted by atomic mass is 16.5. The van der Waals surface area contributed by atoms with Crippen LogP contribution in [0.2, 0.25) is 0 Å². The summed E-state index contributed by atoms with van der Waals surface area (Å²) >= 11 is 0. The molecule has 0 saturated carbocycles. The average molecular weight is 263 g/mol. The molecule has 1 fully saturated rings. The highest BCUT2D eigenvalue weighted by Gasteiger charge is 2.19. The lowest BCUT2D eigenvalue weighted by molar-refractivity contribution is 0.184. The number of rotatable bonds is 6. The minimum absolute atomic E-state index is 0.0673. The SMILES string of the molecule is NC(CC(NCC1CCOC1)c1ccccc1)=NO. The van der Waals surface area contributed by atoms with Gasteiger partial charge in [-0.1, -0.05) is 35.5 Å². The zero-order valence-electron chi connectivity index (χ0n) is 11.0. The molecule has 2 atom stereocenters. The van der Waals surface area contributed by atoms with Crippen LogP contribution in [0.15, 0.2) is 35.5 Å². The second-order valence-corrected chi connectivity index (χ2v) is 4.90. The molecular formula is C14H21N3O2. The highest BCUT2D eigenvalue weighted by Crippen LogP contribution is 2.18. The first-order chi connectivity index (χ1) is 9.29. The molecular weight excluding hydrogens is 242 g/mol. The molecule has 4 N–H and O–H groups in total. The first-order valence-corrected chi connectivity index (χ1v) is 6.62. The molecule has 1 saturated heterocycles. The van der Waals surface area contributed by atoms with Crippen molar-refractivity contribution in [1.82, 2.24) is 5.32 Å². The van der Waals surface area contributed by atoms with E-state index < -0.39 is 0 Å². The molecule has 1 aliphatic rings. The van der Waals surface area contributed by atoms with E-state index in [-0.39, 0.29) is 11.9 Å². The fourth-order valence-corrected chi connectivity index (χ4v) is 2.30. The predicted octanol–water partition coefficient (Wildman–Crippen LogP) is 1.49. The lowest BCUT2D eigenvalue weighted by Crippen LogP contribution is -2.31. The van der Waals surface area contributed by atoms with Gasteiger partial charge in [0.05, 0.1) is 6.61 Å². The van der Waals surface area contributed by atoms with E-state index in [0.29, 0.717) is 12.3 Å². The maximum atomic E-state index is 8.73. The average Bonchev–Trinajstić information content (AvgIpc) is 2.97. The maximum Gasteiger partial charge on any atom is 0.141 e. The lowest BCUT2D eigenvalue weighted by Gasteiger charge is -2.20. The highest BCUT2D eigenvalue weighted by molar-refractivity contribution is 5.80. The molecule has 19 heavy (non-hydrogen) atoms. The van der Waals surface area contributed by atoms with Crippen molar-refractivity contribution in [3.8, 4) is 0 Å². The molecule has 0 radical (unpaired) electrons. The van der Waals surface area contributed by atoms with E-state index in [9.17, 15) is 0 Å². The molecule has 1 aromatic rings. The second kappa shape index (κ2) is 7.11. The summed E-state index contributed by atoms with van der Waals surface area (Å²) in [6, 6.07) is 10.1. The molecule has 5 heteroatoms. The summed E-state index contributed by atoms with van der Waals surface area (Å²) in [6.45, 7) is 2.55. The fourth-order valence-electron chi connectivity index (χ4n) is 2.30. The van der Waals surface area contributed by atoms with Gasteiger partial charge in [0.2, 0.25) is 0 Å². The summed E-state index contributed by atoms with van der Waals surface area (Å²) < 4.78 is 5.37. The Hall–Kier alpha value is -1.59. The third-order valence-electron chi connectivity index (χ3n) is 3.42. The minimum atomic E-state index is 0.0673. The molecule has 0 amide bonds. The van der Waals surface area contributed by atoms with E-state index in [1.165, 1.54) is 0 Å². The van der Waals surface area contributed by atoms with E-state index in [4.69, 9.17) is 15.7 Å². The molecule has 5 nitrogen and oxygen atoms in total. The van der Waals surface area contributed by atoms with Gasteiger partial charge in [0.25, 0.3) is 0 Å². The third-order valence-corrected chi connectivity index (χ3v) is 3.42. The van der Waals surface area contributed by atoms with Crippen molar-refractivity contribution in [2.24, 2.45) is 16.8 Å². The Balaban J connectivity index is 1.97. The van der Waals surface area contributed by atoms with Gasteiger partial charge in [-0.25, -0.2) is 0 Å². The maximum absolute atomic E-state index is 8.73. The third kappa shape index (κ3) is 4.22. The summed E-state index contributed by atoms with van der Waals surface area (Å²) in [6.07, 6.45) is 1.59. The van der Waals surface area contributed by atoms with Gasteiger partial charge in [0, 0.05) is 25.6 Å². The lowest BCUT2D eigenvalue weighted by atomic mass is 10.0. The molecule has 1 aliphatic heterocycles. The molecule has 0 aromatic heterocycles. The molecule has 0 bridgehead atoms. The monoisotopic (exact) mass is 263 g/mol. The number of nitrogens with zero attached hydrogens (tertiary/aromatic N) is 1. The van der Waals surface area contributed by atoms with Crippen LogP contribution in [-0.4, -0.2) is 30.8 Å². The molecule has 2 unspecified atom stereocenters. The molecule has 1 aromatic carbocycles. The molecule has 0 aliphatic carbocycles. The first kappa shape index (κ1) is 13.8. The van der Waals surface area contributed by atoms with Crippen LogP contribution in [0.3, 0.4) is 0 Å². The van der Waals surface area contributed by atoms with E-state index in [1.807, 2.05) is 30.3 Å². The quantitative estimate of drug-likeness (QED) is 0.314. The zero-order chi connectivity index (χ0) is 13.5. The summed E-state index contributed by atoms with van der Waals surface area (Å²) in [7, 11) is 0. The van der Waals surface area contributed by atoms with Crippen molar-refractivity contribution in [2.45, 2.75) is 18.9 Å². The van der Waals surface area contributed by atoms with E-state index in [1.54, 1.807) is 0 Å². The summed E-state index contributed by atoms with van der Waals surface area (Å²) in [5.74, 6) is 0.794. The van der Waals surface area contributed by atoms with Crippen LogP contribution in [0.25, 0.3) is 0 Å². The van der Waals surface area contributed by atoms with Crippen molar-refractivity contribution in [2.75, 3.05) is 19.8 Å². The number of amidine groups is 1.